The number of nitrogens with one attached hydrogen (secondary N) is 2. The van der Waals surface area contributed by atoms with Gasteiger partial charge >= 0.3 is 10.5 Å². The van der Waals surface area contributed by atoms with E-state index in [0.29, 0.717) is 24.6 Å². The molecule has 2 N–H and O–H groups in total. The standard InChI is InChI=1S/C22H27N3O4S/c1-15(2)23-14-16-8-9-18-19(10-11-29-21(18)12-16)24-22(26)13-20(25-30(27)28)17-6-4-3-5-7-17/h3-9,12,15,19-20,23H,10-11,13-14H2,1-2H3,(H,24,26). The van der Waals surface area contributed by atoms with Crippen LogP contribution in [0.2, 0.25) is 0 Å². The van der Waals surface area contributed by atoms with Gasteiger partial charge in [0.15, 0.2) is 0 Å². The van der Waals surface area contributed by atoms with Gasteiger partial charge in [-0.2, -0.15) is 12.8 Å². The minimum atomic E-state index is -2.59. The maximum absolute atomic E-state index is 12.7. The van der Waals surface area contributed by atoms with Gasteiger partial charge in [0.1, 0.15) is 11.8 Å². The first kappa shape index (κ1) is 22.0. The van der Waals surface area contributed by atoms with Crippen molar-refractivity contribution in [1.29, 1.82) is 0 Å². The summed E-state index contributed by atoms with van der Waals surface area (Å²) in [5.41, 5.74) is 2.74. The molecule has 8 heteroatoms. The Morgan fingerprint density at radius 1 is 1.20 bits per heavy atom. The van der Waals surface area contributed by atoms with Crippen LogP contribution in [0.5, 0.6) is 5.75 Å². The predicted octanol–water partition coefficient (Wildman–Crippen LogP) is 3.32. The molecule has 2 unspecified atom stereocenters. The molecule has 0 radical (unpaired) electrons. The monoisotopic (exact) mass is 429 g/mol. The summed E-state index contributed by atoms with van der Waals surface area (Å²) in [4.78, 5) is 12.7. The number of hydrogen-bond acceptors (Lipinski definition) is 6. The Bertz CT molecular complexity index is 998. The van der Waals surface area contributed by atoms with Gasteiger partial charge in [-0.05, 0) is 17.2 Å². The molecule has 0 saturated heterocycles. The highest BCUT2D eigenvalue weighted by atomic mass is 32.2. The smallest absolute Gasteiger partial charge is 0.311 e. The Morgan fingerprint density at radius 3 is 2.67 bits per heavy atom. The number of hydrogen-bond donors (Lipinski definition) is 2. The molecular weight excluding hydrogens is 402 g/mol. The molecule has 160 valence electrons. The number of nitrogens with zero attached hydrogens (tertiary/aromatic N) is 1. The maximum atomic E-state index is 12.7. The molecule has 1 aliphatic rings. The van der Waals surface area contributed by atoms with E-state index in [0.717, 1.165) is 23.4 Å². The van der Waals surface area contributed by atoms with Gasteiger partial charge in [-0.1, -0.05) is 56.3 Å². The molecule has 1 heterocycles. The average molecular weight is 430 g/mol. The number of ether oxygens (including phenoxy) is 1. The fourth-order valence-electron chi connectivity index (χ4n) is 3.44. The van der Waals surface area contributed by atoms with Gasteiger partial charge in [-0.25, -0.2) is 0 Å². The van der Waals surface area contributed by atoms with Crippen molar-refractivity contribution in [1.82, 2.24) is 10.6 Å². The first-order chi connectivity index (χ1) is 14.4. The van der Waals surface area contributed by atoms with Gasteiger partial charge in [0.25, 0.3) is 0 Å². The van der Waals surface area contributed by atoms with Gasteiger partial charge < -0.3 is 15.4 Å². The number of benzene rings is 2. The molecule has 0 aromatic heterocycles. The summed E-state index contributed by atoms with van der Waals surface area (Å²) in [5, 5.41) is 6.40. The maximum Gasteiger partial charge on any atom is 0.311 e. The molecule has 0 bridgehead atoms. The molecule has 7 nitrogen and oxygen atoms in total. The molecule has 2 aromatic carbocycles. The van der Waals surface area contributed by atoms with Crippen LogP contribution in [0.3, 0.4) is 0 Å². The van der Waals surface area contributed by atoms with E-state index in [1.807, 2.05) is 24.3 Å². The summed E-state index contributed by atoms with van der Waals surface area (Å²) in [6.45, 7) is 5.45. The molecule has 1 amide bonds. The summed E-state index contributed by atoms with van der Waals surface area (Å²) < 4.78 is 31.8. The number of rotatable bonds is 8. The number of amides is 1. The second-order valence-electron chi connectivity index (χ2n) is 7.62. The van der Waals surface area contributed by atoms with Crippen LogP contribution >= 0.6 is 0 Å². The number of fused-ring (bicyclic) bond motifs is 1. The fraction of sp³-hybridized carbons (Fsp3) is 0.409. The van der Waals surface area contributed by atoms with Gasteiger partial charge in [-0.15, -0.1) is 0 Å². The van der Waals surface area contributed by atoms with Crippen LogP contribution in [0.15, 0.2) is 52.9 Å². The van der Waals surface area contributed by atoms with E-state index < -0.39 is 16.5 Å². The molecule has 0 aliphatic carbocycles. The molecular formula is C22H27N3O4S. The van der Waals surface area contributed by atoms with Crippen molar-refractivity contribution in [2.24, 2.45) is 4.36 Å². The highest BCUT2D eigenvalue weighted by Crippen LogP contribution is 2.33. The van der Waals surface area contributed by atoms with Crippen molar-refractivity contribution >= 4 is 16.4 Å². The lowest BCUT2D eigenvalue weighted by molar-refractivity contribution is -0.122. The highest BCUT2D eigenvalue weighted by Gasteiger charge is 2.25. The molecule has 2 atom stereocenters. The first-order valence-corrected chi connectivity index (χ1v) is 11.1. The van der Waals surface area contributed by atoms with Crippen molar-refractivity contribution < 1.29 is 17.9 Å². The van der Waals surface area contributed by atoms with E-state index in [4.69, 9.17) is 4.74 Å². The van der Waals surface area contributed by atoms with E-state index in [9.17, 15) is 13.2 Å². The van der Waals surface area contributed by atoms with E-state index in [2.05, 4.69) is 28.8 Å². The predicted molar refractivity (Wildman–Crippen MR) is 115 cm³/mol. The third-order valence-electron chi connectivity index (χ3n) is 4.94. The van der Waals surface area contributed by atoms with E-state index in [1.165, 1.54) is 0 Å². The van der Waals surface area contributed by atoms with Crippen LogP contribution in [0.25, 0.3) is 0 Å². The first-order valence-electron chi connectivity index (χ1n) is 10.1. The third kappa shape index (κ3) is 6.14. The Labute approximate surface area is 178 Å². The van der Waals surface area contributed by atoms with Crippen LogP contribution in [-0.2, 0) is 21.8 Å². The van der Waals surface area contributed by atoms with Crippen molar-refractivity contribution in [2.45, 2.75) is 51.4 Å². The van der Waals surface area contributed by atoms with Crippen LogP contribution in [-0.4, -0.2) is 27.0 Å². The topological polar surface area (TPSA) is 96.9 Å². The zero-order valence-corrected chi connectivity index (χ0v) is 18.0. The second-order valence-corrected chi connectivity index (χ2v) is 8.26. The third-order valence-corrected chi connectivity index (χ3v) is 5.37. The molecule has 1 aliphatic heterocycles. The lowest BCUT2D eigenvalue weighted by Crippen LogP contribution is -2.33. The van der Waals surface area contributed by atoms with E-state index >= 15 is 0 Å². The SMILES string of the molecule is CC(C)NCc1ccc2c(c1)OCCC2NC(=O)CC(N=S(=O)=O)c1ccccc1. The van der Waals surface area contributed by atoms with Crippen LogP contribution in [0.1, 0.15) is 55.5 Å². The molecule has 2 aromatic rings. The summed E-state index contributed by atoms with van der Waals surface area (Å²) in [6, 6.07) is 14.5. The summed E-state index contributed by atoms with van der Waals surface area (Å²) in [5.74, 6) is 0.529. The van der Waals surface area contributed by atoms with Crippen molar-refractivity contribution in [3.05, 3.63) is 65.2 Å². The Morgan fingerprint density at radius 2 is 1.97 bits per heavy atom. The quantitative estimate of drug-likeness (QED) is 0.671. The summed E-state index contributed by atoms with van der Waals surface area (Å²) in [7, 11) is -2.59. The fourth-order valence-corrected chi connectivity index (χ4v) is 3.84. The average Bonchev–Trinajstić information content (AvgIpc) is 2.72. The van der Waals surface area contributed by atoms with Gasteiger partial charge in [-0.3, -0.25) is 4.79 Å². The van der Waals surface area contributed by atoms with Crippen LogP contribution < -0.4 is 15.4 Å². The van der Waals surface area contributed by atoms with Gasteiger partial charge in [0.05, 0.1) is 19.1 Å². The molecule has 3 rings (SSSR count). The Balaban J connectivity index is 1.70. The summed E-state index contributed by atoms with van der Waals surface area (Å²) in [6.07, 6.45) is 0.615. The van der Waals surface area contributed by atoms with Gasteiger partial charge in [0, 0.05) is 24.6 Å². The molecule has 0 saturated carbocycles. The van der Waals surface area contributed by atoms with Crippen molar-refractivity contribution in [2.75, 3.05) is 6.61 Å². The molecule has 30 heavy (non-hydrogen) atoms. The van der Waals surface area contributed by atoms with Gasteiger partial charge in [0.2, 0.25) is 5.91 Å². The van der Waals surface area contributed by atoms with Crippen LogP contribution in [0, 0.1) is 0 Å². The van der Waals surface area contributed by atoms with Crippen molar-refractivity contribution in [3.8, 4) is 5.75 Å². The largest absolute Gasteiger partial charge is 0.493 e. The Hall–Kier alpha value is -2.71. The minimum absolute atomic E-state index is 0.0406. The second kappa shape index (κ2) is 10.4. The Kier molecular flexibility index (Phi) is 7.59. The summed E-state index contributed by atoms with van der Waals surface area (Å²) >= 11 is 0. The molecule has 0 fully saturated rings. The normalized spacial score (nSPS) is 16.3. The van der Waals surface area contributed by atoms with Crippen LogP contribution in [0.4, 0.5) is 0 Å². The zero-order chi connectivity index (χ0) is 21.5. The van der Waals surface area contributed by atoms with E-state index in [-0.39, 0.29) is 18.4 Å². The zero-order valence-electron chi connectivity index (χ0n) is 17.2. The highest BCUT2D eigenvalue weighted by molar-refractivity contribution is 7.61. The van der Waals surface area contributed by atoms with Crippen molar-refractivity contribution in [3.63, 3.8) is 0 Å². The number of carbonyl (C=O) groups is 1. The lowest BCUT2D eigenvalue weighted by Gasteiger charge is -2.27. The molecule has 0 spiro atoms. The lowest BCUT2D eigenvalue weighted by atomic mass is 9.98. The number of carbonyl (C=O) groups excluding carboxylic acids is 1. The minimum Gasteiger partial charge on any atom is -0.493 e. The van der Waals surface area contributed by atoms with E-state index in [1.54, 1.807) is 24.3 Å².